The molecule has 0 aromatic carbocycles. The molecule has 0 heterocycles. The number of hydrogen-bond donors (Lipinski definition) is 0. The maximum atomic E-state index is 11.9. The lowest BCUT2D eigenvalue weighted by Gasteiger charge is -2.07. The van der Waals surface area contributed by atoms with E-state index in [9.17, 15) is 9.59 Å². The van der Waals surface area contributed by atoms with Crippen molar-refractivity contribution in [1.82, 2.24) is 0 Å². The van der Waals surface area contributed by atoms with Crippen molar-refractivity contribution in [3.8, 4) is 0 Å². The third-order valence-electron chi connectivity index (χ3n) is 3.25. The number of unbranched alkanes of at least 4 members (excludes halogenated alkanes) is 2. The number of rotatable bonds is 7. The minimum absolute atomic E-state index is 0.0379. The second-order valence-electron chi connectivity index (χ2n) is 4.58. The van der Waals surface area contributed by atoms with E-state index in [1.54, 1.807) is 0 Å². The fraction of sp³-hybridized carbons (Fsp3) is 0.714. The van der Waals surface area contributed by atoms with Crippen molar-refractivity contribution in [3.05, 3.63) is 11.6 Å². The first-order valence-corrected chi connectivity index (χ1v) is 6.44. The van der Waals surface area contributed by atoms with Gasteiger partial charge in [-0.05, 0) is 24.8 Å². The van der Waals surface area contributed by atoms with E-state index in [4.69, 9.17) is 0 Å². The van der Waals surface area contributed by atoms with E-state index in [-0.39, 0.29) is 17.5 Å². The van der Waals surface area contributed by atoms with Crippen LogP contribution in [0.3, 0.4) is 0 Å². The van der Waals surface area contributed by atoms with Crippen LogP contribution < -0.4 is 0 Å². The lowest BCUT2D eigenvalue weighted by molar-refractivity contribution is -0.125. The van der Waals surface area contributed by atoms with Crippen molar-refractivity contribution >= 4 is 11.6 Å². The first-order chi connectivity index (χ1) is 7.69. The molecule has 0 aliphatic heterocycles. The minimum atomic E-state index is -0.0379. The standard InChI is InChI=1S/C14H22O2/c1-3-5-6-7-11-8-9-12(14(11)16)10-13(15)4-2/h8,12H,3-7,9-10H2,1-2H3. The molecule has 0 bridgehead atoms. The van der Waals surface area contributed by atoms with Gasteiger partial charge in [-0.2, -0.15) is 0 Å². The first kappa shape index (κ1) is 13.1. The summed E-state index contributed by atoms with van der Waals surface area (Å²) in [4.78, 5) is 23.2. The molecule has 2 heteroatoms. The molecule has 2 nitrogen and oxygen atoms in total. The summed E-state index contributed by atoms with van der Waals surface area (Å²) < 4.78 is 0. The number of hydrogen-bond acceptors (Lipinski definition) is 2. The van der Waals surface area contributed by atoms with E-state index < -0.39 is 0 Å². The van der Waals surface area contributed by atoms with E-state index in [1.165, 1.54) is 12.8 Å². The van der Waals surface area contributed by atoms with Gasteiger partial charge in [0.05, 0.1) is 0 Å². The zero-order valence-electron chi connectivity index (χ0n) is 10.4. The van der Waals surface area contributed by atoms with Crippen molar-refractivity contribution in [2.75, 3.05) is 0 Å². The SMILES string of the molecule is CCCCCC1=CCC(CC(=O)CC)C1=O. The predicted molar refractivity (Wildman–Crippen MR) is 65.3 cm³/mol. The number of allylic oxidation sites excluding steroid dienone is 2. The summed E-state index contributed by atoms with van der Waals surface area (Å²) in [5.41, 5.74) is 0.974. The van der Waals surface area contributed by atoms with Crippen LogP contribution in [0.2, 0.25) is 0 Å². The Morgan fingerprint density at radius 2 is 2.12 bits per heavy atom. The molecule has 0 saturated carbocycles. The van der Waals surface area contributed by atoms with Crippen LogP contribution in [0.25, 0.3) is 0 Å². The Kier molecular flexibility index (Phi) is 5.44. The molecule has 0 radical (unpaired) electrons. The number of carbonyl (C=O) groups excluding carboxylic acids is 2. The van der Waals surface area contributed by atoms with E-state index in [2.05, 4.69) is 6.92 Å². The van der Waals surface area contributed by atoms with Gasteiger partial charge in [0, 0.05) is 18.8 Å². The molecule has 0 N–H and O–H groups in total. The molecule has 1 rings (SSSR count). The summed E-state index contributed by atoms with van der Waals surface area (Å²) in [5, 5.41) is 0. The molecule has 0 fully saturated rings. The molecule has 1 atom stereocenters. The molecule has 1 aliphatic carbocycles. The molecule has 0 aromatic rings. The monoisotopic (exact) mass is 222 g/mol. The number of ketones is 2. The summed E-state index contributed by atoms with van der Waals surface area (Å²) in [6.07, 6.45) is 8.20. The van der Waals surface area contributed by atoms with E-state index in [0.717, 1.165) is 24.8 Å². The van der Waals surface area contributed by atoms with Gasteiger partial charge in [0.25, 0.3) is 0 Å². The minimum Gasteiger partial charge on any atom is -0.300 e. The molecular weight excluding hydrogens is 200 g/mol. The Labute approximate surface area is 98.1 Å². The zero-order chi connectivity index (χ0) is 12.0. The summed E-state index contributed by atoms with van der Waals surface area (Å²) in [5.74, 6) is 0.406. The largest absolute Gasteiger partial charge is 0.300 e. The van der Waals surface area contributed by atoms with E-state index in [0.29, 0.717) is 12.8 Å². The molecular formula is C14H22O2. The first-order valence-electron chi connectivity index (χ1n) is 6.44. The molecule has 16 heavy (non-hydrogen) atoms. The van der Waals surface area contributed by atoms with Crippen LogP contribution in [0, 0.1) is 5.92 Å². The Bertz CT molecular complexity index is 289. The molecule has 1 unspecified atom stereocenters. The van der Waals surface area contributed by atoms with Crippen molar-refractivity contribution in [2.45, 2.75) is 58.8 Å². The summed E-state index contributed by atoms with van der Waals surface area (Å²) in [7, 11) is 0. The fourth-order valence-corrected chi connectivity index (χ4v) is 2.14. The Morgan fingerprint density at radius 3 is 2.75 bits per heavy atom. The number of carbonyl (C=O) groups is 2. The van der Waals surface area contributed by atoms with Gasteiger partial charge in [-0.3, -0.25) is 9.59 Å². The lowest BCUT2D eigenvalue weighted by Crippen LogP contribution is -2.14. The van der Waals surface area contributed by atoms with Crippen molar-refractivity contribution < 1.29 is 9.59 Å². The highest BCUT2D eigenvalue weighted by molar-refractivity contribution is 6.01. The topological polar surface area (TPSA) is 34.1 Å². The Balaban J connectivity index is 2.37. The van der Waals surface area contributed by atoms with Gasteiger partial charge in [-0.25, -0.2) is 0 Å². The molecule has 90 valence electrons. The molecule has 0 aromatic heterocycles. The third-order valence-corrected chi connectivity index (χ3v) is 3.25. The summed E-state index contributed by atoms with van der Waals surface area (Å²) in [6, 6.07) is 0. The van der Waals surface area contributed by atoms with Gasteiger partial charge in [0.1, 0.15) is 5.78 Å². The maximum absolute atomic E-state index is 11.9. The molecule has 0 spiro atoms. The van der Waals surface area contributed by atoms with Gasteiger partial charge in [-0.15, -0.1) is 0 Å². The van der Waals surface area contributed by atoms with Crippen molar-refractivity contribution in [2.24, 2.45) is 5.92 Å². The van der Waals surface area contributed by atoms with Gasteiger partial charge in [0.15, 0.2) is 5.78 Å². The Morgan fingerprint density at radius 1 is 1.38 bits per heavy atom. The lowest BCUT2D eigenvalue weighted by atomic mass is 9.95. The van der Waals surface area contributed by atoms with E-state index >= 15 is 0 Å². The Hall–Kier alpha value is -0.920. The van der Waals surface area contributed by atoms with Crippen LogP contribution in [-0.4, -0.2) is 11.6 Å². The zero-order valence-corrected chi connectivity index (χ0v) is 10.4. The number of Topliss-reactive ketones (excluding diaryl/α,β-unsaturated/α-hetero) is 2. The predicted octanol–water partition coefficient (Wildman–Crippen LogP) is 3.45. The van der Waals surface area contributed by atoms with Crippen LogP contribution in [0.1, 0.15) is 58.8 Å². The maximum Gasteiger partial charge on any atom is 0.162 e. The quantitative estimate of drug-likeness (QED) is 0.618. The van der Waals surface area contributed by atoms with Gasteiger partial charge >= 0.3 is 0 Å². The summed E-state index contributed by atoms with van der Waals surface area (Å²) in [6.45, 7) is 4.02. The van der Waals surface area contributed by atoms with Crippen LogP contribution >= 0.6 is 0 Å². The second kappa shape index (κ2) is 6.62. The smallest absolute Gasteiger partial charge is 0.162 e. The summed E-state index contributed by atoms with van der Waals surface area (Å²) >= 11 is 0. The highest BCUT2D eigenvalue weighted by Crippen LogP contribution is 2.27. The van der Waals surface area contributed by atoms with Crippen LogP contribution in [0.4, 0.5) is 0 Å². The average molecular weight is 222 g/mol. The van der Waals surface area contributed by atoms with E-state index in [1.807, 2.05) is 13.0 Å². The second-order valence-corrected chi connectivity index (χ2v) is 4.58. The normalized spacial score (nSPS) is 20.0. The highest BCUT2D eigenvalue weighted by Gasteiger charge is 2.27. The molecule has 1 aliphatic rings. The fourth-order valence-electron chi connectivity index (χ4n) is 2.14. The van der Waals surface area contributed by atoms with Crippen molar-refractivity contribution in [3.63, 3.8) is 0 Å². The van der Waals surface area contributed by atoms with Crippen LogP contribution in [0.5, 0.6) is 0 Å². The van der Waals surface area contributed by atoms with Gasteiger partial charge in [0.2, 0.25) is 0 Å². The van der Waals surface area contributed by atoms with Crippen LogP contribution in [-0.2, 0) is 9.59 Å². The third kappa shape index (κ3) is 3.58. The van der Waals surface area contributed by atoms with Gasteiger partial charge in [-0.1, -0.05) is 32.8 Å². The van der Waals surface area contributed by atoms with Crippen molar-refractivity contribution in [1.29, 1.82) is 0 Å². The average Bonchev–Trinajstić information content (AvgIpc) is 2.62. The molecule has 0 amide bonds. The molecule has 0 saturated heterocycles. The van der Waals surface area contributed by atoms with Crippen LogP contribution in [0.15, 0.2) is 11.6 Å². The highest BCUT2D eigenvalue weighted by atomic mass is 16.1. The van der Waals surface area contributed by atoms with Gasteiger partial charge < -0.3 is 0 Å².